The number of hydrogen-bond donors (Lipinski definition) is 0. The molecule has 6 rings (SSSR count). The molecule has 0 spiro atoms. The summed E-state index contributed by atoms with van der Waals surface area (Å²) in [5.74, 6) is 92.6. The normalized spacial score (nSPS) is 24.8. The summed E-state index contributed by atoms with van der Waals surface area (Å²) in [6.45, 7) is 18.1. The minimum atomic E-state index is -1.62. The molecule has 0 amide bonds. The fourth-order valence-electron chi connectivity index (χ4n) is 17.0. The van der Waals surface area contributed by atoms with Gasteiger partial charge in [0.2, 0.25) is 0 Å². The van der Waals surface area contributed by atoms with Crippen LogP contribution in [0.4, 0.5) is 0 Å². The maximum Gasteiger partial charge on any atom is 0.148 e. The molecule has 5 heteroatoms. The second kappa shape index (κ2) is 46.4. The molecule has 0 fully saturated rings. The topological polar surface area (TPSA) is 28.2 Å². The molecular formula is C97H133N3O2. The van der Waals surface area contributed by atoms with Gasteiger partial charge in [-0.1, -0.05) is 226 Å². The van der Waals surface area contributed by atoms with E-state index in [1.54, 1.807) is 0 Å². The zero-order chi connectivity index (χ0) is 72.9. The molecule has 5 aliphatic carbocycles. The summed E-state index contributed by atoms with van der Waals surface area (Å²) >= 11 is 0. The van der Waals surface area contributed by atoms with Crippen molar-refractivity contribution in [2.75, 3.05) is 80.2 Å². The highest BCUT2D eigenvalue weighted by Gasteiger charge is 2.80. The lowest BCUT2D eigenvalue weighted by molar-refractivity contribution is -0.132. The van der Waals surface area contributed by atoms with Crippen LogP contribution in [0.15, 0.2) is 30.3 Å². The lowest BCUT2D eigenvalue weighted by atomic mass is 9.29. The van der Waals surface area contributed by atoms with Gasteiger partial charge in [0.15, 0.2) is 0 Å². The first kappa shape index (κ1) is 84.5. The van der Waals surface area contributed by atoms with E-state index in [0.717, 1.165) is 250 Å². The Morgan fingerprint density at radius 3 is 1.57 bits per heavy atom. The van der Waals surface area contributed by atoms with Crippen LogP contribution in [0.25, 0.3) is 0 Å². The predicted octanol–water partition coefficient (Wildman–Crippen LogP) is 20.6. The Balaban J connectivity index is 2.02. The van der Waals surface area contributed by atoms with Crippen molar-refractivity contribution in [1.82, 2.24) is 14.7 Å². The van der Waals surface area contributed by atoms with Gasteiger partial charge in [-0.2, -0.15) is 0 Å². The molecule has 548 valence electrons. The number of terminal acetylenes is 2. The van der Waals surface area contributed by atoms with Crippen molar-refractivity contribution in [1.29, 1.82) is 0 Å². The SMILES string of the molecule is C#CC(C)(C#CCOCCCC)C(C#CCCCN(CC)CC)(C#CCCN(C)C)C(C#CCCCCCOc1ccccc1)(C#CCCCCN(C)CC)C1(C2(C3(C4(C5(C#C)C#CCCCCCCCC5)C#CCCCCCCC4)C#CCCCCCC3)C#CCCCCC2)C#CCCCC1. The highest BCUT2D eigenvalue weighted by molar-refractivity contribution is 5.60. The smallest absolute Gasteiger partial charge is 0.148 e. The number of hydrogen-bond acceptors (Lipinski definition) is 5. The van der Waals surface area contributed by atoms with Gasteiger partial charge in [-0.15, -0.1) is 66.1 Å². The van der Waals surface area contributed by atoms with Gasteiger partial charge in [0.25, 0.3) is 0 Å². The maximum absolute atomic E-state index is 7.72. The molecule has 5 aliphatic rings. The Morgan fingerprint density at radius 2 is 0.961 bits per heavy atom. The van der Waals surface area contributed by atoms with Crippen LogP contribution in [0.2, 0.25) is 0 Å². The van der Waals surface area contributed by atoms with Crippen LogP contribution in [0, 0.1) is 186 Å². The van der Waals surface area contributed by atoms with Gasteiger partial charge in [0.05, 0.1) is 28.3 Å². The molecule has 1 aromatic rings. The third kappa shape index (κ3) is 22.3. The summed E-state index contributed by atoms with van der Waals surface area (Å²) in [6.07, 6.45) is 53.1. The zero-order valence-electron chi connectivity index (χ0n) is 65.8. The second-order valence-corrected chi connectivity index (χ2v) is 30.4. The minimum Gasteiger partial charge on any atom is -0.494 e. The molecule has 102 heavy (non-hydrogen) atoms. The van der Waals surface area contributed by atoms with Crippen LogP contribution < -0.4 is 4.74 Å². The summed E-state index contributed by atoms with van der Waals surface area (Å²) in [5, 5.41) is 0. The predicted molar refractivity (Wildman–Crippen MR) is 432 cm³/mol. The number of benzene rings is 1. The summed E-state index contributed by atoms with van der Waals surface area (Å²) in [4.78, 5) is 7.12. The van der Waals surface area contributed by atoms with Gasteiger partial charge in [0.1, 0.15) is 34.0 Å². The summed E-state index contributed by atoms with van der Waals surface area (Å²) in [7, 11) is 6.48. The number of nitrogens with zero attached hydrogens (tertiary/aromatic N) is 3. The van der Waals surface area contributed by atoms with Crippen LogP contribution in [0.3, 0.4) is 0 Å². The van der Waals surface area contributed by atoms with Crippen molar-refractivity contribution in [3.63, 3.8) is 0 Å². The van der Waals surface area contributed by atoms with E-state index in [4.69, 9.17) is 22.3 Å². The average Bonchev–Trinajstić information content (AvgIpc) is 0.773. The standard InChI is InChI=1S/C97H133N3O2/c1-11-17-86-101-87-65-68-90(7,12-2)92(72-60-63-83-98(8)9,71-59-44-62-85-100(15-5)16-6)94(76-58-40-41-61-84-99(10)14-4,75-51-37-28-42-64-88-102-89-66-45-43-46-67-89)96(79-56-38-39-57-80-96)97(81-54-35-27-36-55-82-97)95(77-52-33-25-26-34-53-78-95)93(73-49-31-23-20-24-32-50-74-93)91(13-3)69-47-29-21-18-19-22-30-48-70-91/h2-3,43,45-46,66-67H,11,14-42,44,47,49,52,54,56,61-64,69,73,77,79,81,83-88H2,1,4-10H3. The molecule has 0 bridgehead atoms. The fraction of sp³-hybridized carbons (Fsp3) is 0.691. The average molecular weight is 1370 g/mol. The molecule has 0 aromatic heterocycles. The first-order chi connectivity index (χ1) is 49.9. The molecule has 0 aliphatic heterocycles. The molecule has 0 saturated carbocycles. The molecule has 1 aromatic carbocycles. The van der Waals surface area contributed by atoms with Gasteiger partial charge >= 0.3 is 0 Å². The number of unbranched alkanes of at least 4 members (excludes halogenated alkanes) is 7. The van der Waals surface area contributed by atoms with Crippen molar-refractivity contribution < 1.29 is 9.47 Å². The molecule has 5 nitrogen and oxygen atoms in total. The lowest BCUT2D eigenvalue weighted by Crippen LogP contribution is -2.70. The van der Waals surface area contributed by atoms with Crippen LogP contribution in [0.5, 0.6) is 5.75 Å². The van der Waals surface area contributed by atoms with E-state index in [1.165, 1.54) is 19.3 Å². The van der Waals surface area contributed by atoms with Crippen molar-refractivity contribution in [3.05, 3.63) is 30.3 Å². The highest BCUT2D eigenvalue weighted by Crippen LogP contribution is 2.77. The minimum absolute atomic E-state index is 0.207. The molecule has 0 saturated heterocycles. The third-order valence-corrected chi connectivity index (χ3v) is 23.1. The summed E-state index contributed by atoms with van der Waals surface area (Å²) in [5.41, 5.74) is -10.2. The van der Waals surface area contributed by atoms with Gasteiger partial charge < -0.3 is 24.2 Å². The molecular weight excluding hydrogens is 1240 g/mol. The van der Waals surface area contributed by atoms with Crippen molar-refractivity contribution in [3.8, 4) is 149 Å². The van der Waals surface area contributed by atoms with Crippen molar-refractivity contribution >= 4 is 0 Å². The number of para-hydroxylation sites is 1. The van der Waals surface area contributed by atoms with Crippen molar-refractivity contribution in [2.45, 2.75) is 304 Å². The molecule has 0 N–H and O–H groups in total. The highest BCUT2D eigenvalue weighted by atomic mass is 16.5. The van der Waals surface area contributed by atoms with Gasteiger partial charge in [-0.25, -0.2) is 0 Å². The molecule has 0 heterocycles. The van der Waals surface area contributed by atoms with Crippen LogP contribution in [-0.2, 0) is 4.74 Å². The Morgan fingerprint density at radius 1 is 0.451 bits per heavy atom. The van der Waals surface area contributed by atoms with Crippen LogP contribution in [-0.4, -0.2) is 94.9 Å². The van der Waals surface area contributed by atoms with Gasteiger partial charge in [-0.05, 0) is 182 Å². The summed E-state index contributed by atoms with van der Waals surface area (Å²) in [6, 6.07) is 10.2. The number of rotatable bonds is 29. The number of ether oxygens (including phenoxy) is 2. The lowest BCUT2D eigenvalue weighted by Gasteiger charge is -2.67. The maximum atomic E-state index is 7.72. The first-order valence-electron chi connectivity index (χ1n) is 41.2. The Labute approximate surface area is 627 Å². The second-order valence-electron chi connectivity index (χ2n) is 30.4. The quantitative estimate of drug-likeness (QED) is 0.0589. The molecule has 8 unspecified atom stereocenters. The van der Waals surface area contributed by atoms with E-state index in [9.17, 15) is 0 Å². The Hall–Kier alpha value is -6.42. The van der Waals surface area contributed by atoms with Crippen LogP contribution >= 0.6 is 0 Å². The van der Waals surface area contributed by atoms with Crippen molar-refractivity contribution in [2.24, 2.45) is 43.3 Å². The van der Waals surface area contributed by atoms with E-state index >= 15 is 0 Å². The van der Waals surface area contributed by atoms with Gasteiger partial charge in [-0.3, -0.25) is 0 Å². The van der Waals surface area contributed by atoms with E-state index in [-0.39, 0.29) is 6.61 Å². The molecule has 8 atom stereocenters. The van der Waals surface area contributed by atoms with Crippen LogP contribution in [0.1, 0.15) is 304 Å². The van der Waals surface area contributed by atoms with E-state index in [0.29, 0.717) is 58.2 Å². The summed E-state index contributed by atoms with van der Waals surface area (Å²) < 4.78 is 12.7. The zero-order valence-corrected chi connectivity index (χ0v) is 65.8. The Bertz CT molecular complexity index is 3460. The van der Waals surface area contributed by atoms with Gasteiger partial charge in [0, 0.05) is 70.9 Å². The molecule has 0 radical (unpaired) electrons. The largest absolute Gasteiger partial charge is 0.494 e. The van der Waals surface area contributed by atoms with E-state index in [2.05, 4.69) is 201 Å². The third-order valence-electron chi connectivity index (χ3n) is 23.1. The monoisotopic (exact) mass is 1370 g/mol. The Kier molecular flexibility index (Phi) is 38.5. The fourth-order valence-corrected chi connectivity index (χ4v) is 17.0. The van der Waals surface area contributed by atoms with E-state index < -0.39 is 43.3 Å². The van der Waals surface area contributed by atoms with E-state index in [1.807, 2.05) is 30.3 Å². The first-order valence-corrected chi connectivity index (χ1v) is 41.2.